The van der Waals surface area contributed by atoms with Crippen molar-refractivity contribution in [2.75, 3.05) is 13.1 Å². The number of amides is 1. The molecule has 0 bridgehead atoms. The lowest BCUT2D eigenvalue weighted by atomic mass is 9.83. The highest BCUT2D eigenvalue weighted by molar-refractivity contribution is 6.31. The minimum absolute atomic E-state index is 0.00547. The van der Waals surface area contributed by atoms with Gasteiger partial charge in [-0.1, -0.05) is 17.7 Å². The Morgan fingerprint density at radius 1 is 1.07 bits per heavy atom. The Morgan fingerprint density at radius 2 is 1.71 bits per heavy atom. The van der Waals surface area contributed by atoms with E-state index in [0.717, 1.165) is 18.2 Å². The summed E-state index contributed by atoms with van der Waals surface area (Å²) in [5.41, 5.74) is -2.47. The Morgan fingerprint density at radius 3 is 2.29 bits per heavy atom. The second kappa shape index (κ2) is 7.18. The van der Waals surface area contributed by atoms with E-state index >= 15 is 0 Å². The molecule has 1 fully saturated rings. The van der Waals surface area contributed by atoms with E-state index in [4.69, 9.17) is 11.6 Å². The molecule has 0 spiro atoms. The molecule has 9 heteroatoms. The number of hydrogen-bond acceptors (Lipinski definition) is 4. The Kier molecular flexibility index (Phi) is 5.20. The Hall–Kier alpha value is -2.45. The summed E-state index contributed by atoms with van der Waals surface area (Å²) in [6, 6.07) is 6.87. The van der Waals surface area contributed by atoms with Gasteiger partial charge in [0, 0.05) is 19.2 Å². The van der Waals surface area contributed by atoms with Crippen LogP contribution in [0.2, 0.25) is 5.02 Å². The number of rotatable bonds is 2. The minimum atomic E-state index is -4.64. The largest absolute Gasteiger partial charge is 0.508 e. The fourth-order valence-electron chi connectivity index (χ4n) is 3.27. The molecule has 0 unspecified atom stereocenters. The average molecular weight is 416 g/mol. The summed E-state index contributed by atoms with van der Waals surface area (Å²) in [7, 11) is 0. The standard InChI is InChI=1S/C19H17ClF3NO4/c20-15-4-1-11(9-14(15)19(21,22)23)18(28)5-7-24(8-6-18)17(27)13-3-2-12(25)10-16(13)26/h1-4,9-10,25-26,28H,5-8H2. The first-order chi connectivity index (χ1) is 13.0. The molecule has 28 heavy (non-hydrogen) atoms. The highest BCUT2D eigenvalue weighted by atomic mass is 35.5. The van der Waals surface area contributed by atoms with E-state index in [2.05, 4.69) is 0 Å². The van der Waals surface area contributed by atoms with Gasteiger partial charge < -0.3 is 20.2 Å². The number of piperidine rings is 1. The number of phenols is 2. The maximum Gasteiger partial charge on any atom is 0.417 e. The van der Waals surface area contributed by atoms with Crippen LogP contribution >= 0.6 is 11.6 Å². The number of halogens is 4. The highest BCUT2D eigenvalue weighted by Gasteiger charge is 2.39. The molecule has 1 heterocycles. The number of aliphatic hydroxyl groups is 1. The minimum Gasteiger partial charge on any atom is -0.508 e. The van der Waals surface area contributed by atoms with Crippen LogP contribution in [0.25, 0.3) is 0 Å². The predicted octanol–water partition coefficient (Wildman–Crippen LogP) is 3.89. The Balaban J connectivity index is 1.78. The van der Waals surface area contributed by atoms with E-state index in [9.17, 15) is 33.3 Å². The second-order valence-corrected chi connectivity index (χ2v) is 7.12. The van der Waals surface area contributed by atoms with Crippen LogP contribution in [-0.2, 0) is 11.8 Å². The van der Waals surface area contributed by atoms with Crippen molar-refractivity contribution < 1.29 is 33.3 Å². The molecule has 1 saturated heterocycles. The molecular formula is C19H17ClF3NO4. The van der Waals surface area contributed by atoms with Gasteiger partial charge in [0.05, 0.1) is 21.8 Å². The van der Waals surface area contributed by atoms with Gasteiger partial charge in [0.1, 0.15) is 11.5 Å². The average Bonchev–Trinajstić information content (AvgIpc) is 2.61. The van der Waals surface area contributed by atoms with Crippen molar-refractivity contribution in [1.29, 1.82) is 0 Å². The molecule has 0 aliphatic carbocycles. The molecule has 5 nitrogen and oxygen atoms in total. The fraction of sp³-hybridized carbons (Fsp3) is 0.316. The number of alkyl halides is 3. The van der Waals surface area contributed by atoms with E-state index < -0.39 is 28.3 Å². The first-order valence-corrected chi connectivity index (χ1v) is 8.80. The van der Waals surface area contributed by atoms with Gasteiger partial charge in [-0.05, 0) is 42.7 Å². The first-order valence-electron chi connectivity index (χ1n) is 8.42. The molecule has 0 saturated carbocycles. The number of hydrogen-bond donors (Lipinski definition) is 3. The number of carbonyl (C=O) groups excluding carboxylic acids is 1. The van der Waals surface area contributed by atoms with Gasteiger partial charge in [-0.2, -0.15) is 13.2 Å². The third-order valence-electron chi connectivity index (χ3n) is 4.90. The molecule has 1 amide bonds. The van der Waals surface area contributed by atoms with Gasteiger partial charge in [-0.25, -0.2) is 0 Å². The summed E-state index contributed by atoms with van der Waals surface area (Å²) in [5.74, 6) is -1.06. The van der Waals surface area contributed by atoms with Crippen molar-refractivity contribution in [1.82, 2.24) is 4.90 Å². The van der Waals surface area contributed by atoms with E-state index in [-0.39, 0.29) is 48.6 Å². The Labute approximate surface area is 163 Å². The second-order valence-electron chi connectivity index (χ2n) is 6.72. The maximum absolute atomic E-state index is 13.1. The summed E-state index contributed by atoms with van der Waals surface area (Å²) in [5, 5.41) is 29.6. The topological polar surface area (TPSA) is 81.0 Å². The molecule has 3 rings (SSSR count). The van der Waals surface area contributed by atoms with Crippen molar-refractivity contribution in [3.8, 4) is 11.5 Å². The Bertz CT molecular complexity index is 909. The maximum atomic E-state index is 13.1. The van der Waals surface area contributed by atoms with Crippen LogP contribution in [0.5, 0.6) is 11.5 Å². The number of phenolic OH excluding ortho intramolecular Hbond substituents is 2. The number of carbonyl (C=O) groups is 1. The molecule has 2 aromatic rings. The SMILES string of the molecule is O=C(c1ccc(O)cc1O)N1CCC(O)(c2ccc(Cl)c(C(F)(F)F)c2)CC1. The van der Waals surface area contributed by atoms with Gasteiger partial charge in [-0.3, -0.25) is 4.79 Å². The molecule has 3 N–H and O–H groups in total. The van der Waals surface area contributed by atoms with E-state index in [0.29, 0.717) is 0 Å². The smallest absolute Gasteiger partial charge is 0.417 e. The highest BCUT2D eigenvalue weighted by Crippen LogP contribution is 2.40. The quantitative estimate of drug-likeness (QED) is 0.695. The molecule has 0 aromatic heterocycles. The van der Waals surface area contributed by atoms with Crippen molar-refractivity contribution >= 4 is 17.5 Å². The summed E-state index contributed by atoms with van der Waals surface area (Å²) in [4.78, 5) is 13.9. The summed E-state index contributed by atoms with van der Waals surface area (Å²) in [6.07, 6.45) is -4.59. The number of nitrogens with zero attached hydrogens (tertiary/aromatic N) is 1. The summed E-state index contributed by atoms with van der Waals surface area (Å²) >= 11 is 5.63. The molecule has 0 atom stereocenters. The fourth-order valence-corrected chi connectivity index (χ4v) is 3.50. The molecule has 150 valence electrons. The lowest BCUT2D eigenvalue weighted by molar-refractivity contribution is -0.137. The van der Waals surface area contributed by atoms with Gasteiger partial charge in [-0.15, -0.1) is 0 Å². The van der Waals surface area contributed by atoms with E-state index in [1.807, 2.05) is 0 Å². The lowest BCUT2D eigenvalue weighted by Gasteiger charge is -2.39. The number of benzene rings is 2. The molecule has 1 aliphatic rings. The van der Waals surface area contributed by atoms with Gasteiger partial charge in [0.15, 0.2) is 0 Å². The van der Waals surface area contributed by atoms with Crippen LogP contribution in [-0.4, -0.2) is 39.2 Å². The van der Waals surface area contributed by atoms with Crippen LogP contribution in [0.1, 0.15) is 34.3 Å². The van der Waals surface area contributed by atoms with Crippen LogP contribution in [0.3, 0.4) is 0 Å². The van der Waals surface area contributed by atoms with Crippen molar-refractivity contribution in [3.63, 3.8) is 0 Å². The predicted molar refractivity (Wildman–Crippen MR) is 95.3 cm³/mol. The normalized spacial score (nSPS) is 16.8. The van der Waals surface area contributed by atoms with Gasteiger partial charge in [0.25, 0.3) is 5.91 Å². The molecule has 0 radical (unpaired) electrons. The monoisotopic (exact) mass is 415 g/mol. The van der Waals surface area contributed by atoms with Gasteiger partial charge >= 0.3 is 6.18 Å². The number of aromatic hydroxyl groups is 2. The third-order valence-corrected chi connectivity index (χ3v) is 5.23. The van der Waals surface area contributed by atoms with E-state index in [1.54, 1.807) is 0 Å². The van der Waals surface area contributed by atoms with Crippen LogP contribution in [0.4, 0.5) is 13.2 Å². The van der Waals surface area contributed by atoms with Crippen LogP contribution in [0, 0.1) is 0 Å². The van der Waals surface area contributed by atoms with Crippen molar-refractivity contribution in [2.45, 2.75) is 24.6 Å². The number of likely N-dealkylation sites (tertiary alicyclic amines) is 1. The zero-order chi connectivity index (χ0) is 20.7. The van der Waals surface area contributed by atoms with Crippen LogP contribution in [0.15, 0.2) is 36.4 Å². The summed E-state index contributed by atoms with van der Waals surface area (Å²) in [6.45, 7) is 0.166. The zero-order valence-electron chi connectivity index (χ0n) is 14.5. The first kappa shape index (κ1) is 20.3. The zero-order valence-corrected chi connectivity index (χ0v) is 15.3. The van der Waals surface area contributed by atoms with Crippen molar-refractivity contribution in [2.24, 2.45) is 0 Å². The lowest BCUT2D eigenvalue weighted by Crippen LogP contribution is -2.45. The van der Waals surface area contributed by atoms with E-state index in [1.165, 1.54) is 23.1 Å². The molecule has 1 aliphatic heterocycles. The molecular weight excluding hydrogens is 399 g/mol. The van der Waals surface area contributed by atoms with Crippen molar-refractivity contribution in [3.05, 3.63) is 58.1 Å². The van der Waals surface area contributed by atoms with Crippen LogP contribution < -0.4 is 0 Å². The molecule has 2 aromatic carbocycles. The third kappa shape index (κ3) is 3.88. The van der Waals surface area contributed by atoms with Gasteiger partial charge in [0.2, 0.25) is 0 Å². The summed E-state index contributed by atoms with van der Waals surface area (Å²) < 4.78 is 39.2.